The molecule has 0 aliphatic heterocycles. The molecule has 0 heterocycles. The number of benzene rings is 3. The number of ether oxygens (including phenoxy) is 1. The molecular weight excluding hydrogens is 401 g/mol. The van der Waals surface area contributed by atoms with E-state index in [0.29, 0.717) is 15.7 Å². The number of anilines is 1. The number of carbonyl (C=O) groups is 2. The zero-order valence-corrected chi connectivity index (χ0v) is 15.0. The minimum Gasteiger partial charge on any atom is -0.423 e. The Morgan fingerprint density at radius 2 is 1.62 bits per heavy atom. The van der Waals surface area contributed by atoms with Gasteiger partial charge in [0, 0.05) is 15.7 Å². The summed E-state index contributed by atoms with van der Waals surface area (Å²) in [4.78, 5) is 24.2. The molecule has 0 aliphatic carbocycles. The number of halogens is 2. The van der Waals surface area contributed by atoms with Crippen LogP contribution in [0.1, 0.15) is 20.7 Å². The molecule has 130 valence electrons. The van der Waals surface area contributed by atoms with Crippen LogP contribution in [0.4, 0.5) is 10.1 Å². The van der Waals surface area contributed by atoms with E-state index in [-0.39, 0.29) is 17.2 Å². The van der Waals surface area contributed by atoms with Crippen LogP contribution in [0.25, 0.3) is 0 Å². The molecule has 0 bridgehead atoms. The molecule has 3 aromatic carbocycles. The number of rotatable bonds is 4. The van der Waals surface area contributed by atoms with Crippen molar-refractivity contribution in [3.8, 4) is 5.75 Å². The van der Waals surface area contributed by atoms with E-state index in [0.717, 1.165) is 0 Å². The molecule has 3 aromatic rings. The smallest absolute Gasteiger partial charge is 0.346 e. The van der Waals surface area contributed by atoms with Crippen LogP contribution >= 0.6 is 15.9 Å². The molecule has 0 atom stereocenters. The summed E-state index contributed by atoms with van der Waals surface area (Å²) in [5, 5.41) is 2.74. The predicted octanol–water partition coefficient (Wildman–Crippen LogP) is 5.06. The highest BCUT2D eigenvalue weighted by molar-refractivity contribution is 9.10. The standard InChI is InChI=1S/C20H13BrFNO3/c21-14-6-11-18(22)17(12-14)20(25)26-16-9-7-15(8-10-16)23-19(24)13-4-2-1-3-5-13/h1-12H,(H,23,24). The van der Waals surface area contributed by atoms with Crippen molar-refractivity contribution < 1.29 is 18.7 Å². The summed E-state index contributed by atoms with van der Waals surface area (Å²) in [6, 6.07) is 19.1. The Balaban J connectivity index is 1.67. The van der Waals surface area contributed by atoms with Gasteiger partial charge in [-0.2, -0.15) is 0 Å². The van der Waals surface area contributed by atoms with Gasteiger partial charge in [-0.15, -0.1) is 0 Å². The van der Waals surface area contributed by atoms with Crippen LogP contribution in [0, 0.1) is 5.82 Å². The Hall–Kier alpha value is -2.99. The van der Waals surface area contributed by atoms with Crippen molar-refractivity contribution in [1.82, 2.24) is 0 Å². The van der Waals surface area contributed by atoms with Gasteiger partial charge in [0.15, 0.2) is 0 Å². The van der Waals surface area contributed by atoms with Gasteiger partial charge in [0.25, 0.3) is 5.91 Å². The maximum atomic E-state index is 13.7. The molecule has 6 heteroatoms. The Labute approximate surface area is 157 Å². The first kappa shape index (κ1) is 17.8. The zero-order chi connectivity index (χ0) is 18.5. The van der Waals surface area contributed by atoms with Crippen molar-refractivity contribution in [2.45, 2.75) is 0 Å². The normalized spacial score (nSPS) is 10.2. The Morgan fingerprint density at radius 3 is 2.31 bits per heavy atom. The van der Waals surface area contributed by atoms with Crippen LogP contribution in [0.15, 0.2) is 77.3 Å². The fourth-order valence-electron chi connectivity index (χ4n) is 2.22. The first-order valence-electron chi connectivity index (χ1n) is 7.66. The fourth-order valence-corrected chi connectivity index (χ4v) is 2.58. The van der Waals surface area contributed by atoms with E-state index in [9.17, 15) is 14.0 Å². The van der Waals surface area contributed by atoms with Gasteiger partial charge in [0.2, 0.25) is 0 Å². The van der Waals surface area contributed by atoms with Gasteiger partial charge >= 0.3 is 5.97 Å². The predicted molar refractivity (Wildman–Crippen MR) is 99.9 cm³/mol. The second kappa shape index (κ2) is 7.93. The van der Waals surface area contributed by atoms with Gasteiger partial charge in [-0.1, -0.05) is 34.1 Å². The SMILES string of the molecule is O=C(Nc1ccc(OC(=O)c2cc(Br)ccc2F)cc1)c1ccccc1. The lowest BCUT2D eigenvalue weighted by Gasteiger charge is -2.08. The van der Waals surface area contributed by atoms with Gasteiger partial charge in [-0.25, -0.2) is 9.18 Å². The van der Waals surface area contributed by atoms with Crippen LogP contribution in [0.5, 0.6) is 5.75 Å². The number of hydrogen-bond acceptors (Lipinski definition) is 3. The third-order valence-corrected chi connectivity index (χ3v) is 4.00. The van der Waals surface area contributed by atoms with Gasteiger partial charge in [-0.3, -0.25) is 4.79 Å². The van der Waals surface area contributed by atoms with Crippen molar-refractivity contribution in [2.75, 3.05) is 5.32 Å². The van der Waals surface area contributed by atoms with Gasteiger partial charge < -0.3 is 10.1 Å². The lowest BCUT2D eigenvalue weighted by molar-refractivity contribution is 0.0729. The maximum Gasteiger partial charge on any atom is 0.346 e. The summed E-state index contributed by atoms with van der Waals surface area (Å²) in [6.45, 7) is 0. The van der Waals surface area contributed by atoms with E-state index >= 15 is 0 Å². The highest BCUT2D eigenvalue weighted by atomic mass is 79.9. The molecule has 1 N–H and O–H groups in total. The van der Waals surface area contributed by atoms with Gasteiger partial charge in [0.05, 0.1) is 5.56 Å². The minimum absolute atomic E-state index is 0.166. The molecule has 0 saturated heterocycles. The second-order valence-corrected chi connectivity index (χ2v) is 6.27. The van der Waals surface area contributed by atoms with E-state index in [1.807, 2.05) is 6.07 Å². The van der Waals surface area contributed by atoms with E-state index in [4.69, 9.17) is 4.74 Å². The molecular formula is C20H13BrFNO3. The molecule has 0 unspecified atom stereocenters. The molecule has 0 radical (unpaired) electrons. The quantitative estimate of drug-likeness (QED) is 0.480. The van der Waals surface area contributed by atoms with Gasteiger partial charge in [-0.05, 0) is 54.6 Å². The van der Waals surface area contributed by atoms with Gasteiger partial charge in [0.1, 0.15) is 11.6 Å². The number of nitrogens with one attached hydrogen (secondary N) is 1. The lowest BCUT2D eigenvalue weighted by Crippen LogP contribution is -2.12. The largest absolute Gasteiger partial charge is 0.423 e. The summed E-state index contributed by atoms with van der Waals surface area (Å²) in [6.07, 6.45) is 0. The summed E-state index contributed by atoms with van der Waals surface area (Å²) >= 11 is 3.19. The zero-order valence-electron chi connectivity index (χ0n) is 13.4. The molecule has 0 aliphatic rings. The minimum atomic E-state index is -0.801. The first-order valence-corrected chi connectivity index (χ1v) is 8.46. The maximum absolute atomic E-state index is 13.7. The summed E-state index contributed by atoms with van der Waals surface area (Å²) in [5.41, 5.74) is 0.918. The van der Waals surface area contributed by atoms with Crippen molar-refractivity contribution in [3.63, 3.8) is 0 Å². The van der Waals surface area contributed by atoms with Crippen LogP contribution in [0.2, 0.25) is 0 Å². The van der Waals surface area contributed by atoms with Crippen molar-refractivity contribution in [3.05, 3.63) is 94.2 Å². The van der Waals surface area contributed by atoms with E-state index in [1.54, 1.807) is 36.4 Å². The molecule has 0 spiro atoms. The molecule has 0 aromatic heterocycles. The van der Waals surface area contributed by atoms with Crippen molar-refractivity contribution >= 4 is 33.5 Å². The third kappa shape index (κ3) is 4.34. The van der Waals surface area contributed by atoms with E-state index in [1.165, 1.54) is 30.3 Å². The van der Waals surface area contributed by atoms with Crippen molar-refractivity contribution in [2.24, 2.45) is 0 Å². The number of amides is 1. The molecule has 0 fully saturated rings. The Bertz CT molecular complexity index is 943. The second-order valence-electron chi connectivity index (χ2n) is 5.36. The first-order chi connectivity index (χ1) is 12.5. The Morgan fingerprint density at radius 1 is 0.923 bits per heavy atom. The summed E-state index contributed by atoms with van der Waals surface area (Å²) in [5.74, 6) is -1.46. The highest BCUT2D eigenvalue weighted by Crippen LogP contribution is 2.20. The summed E-state index contributed by atoms with van der Waals surface area (Å²) < 4.78 is 19.5. The third-order valence-electron chi connectivity index (χ3n) is 3.51. The number of hydrogen-bond donors (Lipinski definition) is 1. The molecule has 4 nitrogen and oxygen atoms in total. The lowest BCUT2D eigenvalue weighted by atomic mass is 10.2. The molecule has 3 rings (SSSR count). The van der Waals surface area contributed by atoms with Crippen LogP contribution in [-0.4, -0.2) is 11.9 Å². The van der Waals surface area contributed by atoms with Crippen molar-refractivity contribution in [1.29, 1.82) is 0 Å². The molecule has 26 heavy (non-hydrogen) atoms. The number of esters is 1. The highest BCUT2D eigenvalue weighted by Gasteiger charge is 2.15. The van der Waals surface area contributed by atoms with Crippen LogP contribution in [0.3, 0.4) is 0 Å². The molecule has 0 saturated carbocycles. The summed E-state index contributed by atoms with van der Waals surface area (Å²) in [7, 11) is 0. The average Bonchev–Trinajstić information content (AvgIpc) is 2.66. The van der Waals surface area contributed by atoms with E-state index in [2.05, 4.69) is 21.2 Å². The van der Waals surface area contributed by atoms with Crippen LogP contribution in [-0.2, 0) is 0 Å². The van der Waals surface area contributed by atoms with Crippen LogP contribution < -0.4 is 10.1 Å². The fraction of sp³-hybridized carbons (Fsp3) is 0. The Kier molecular flexibility index (Phi) is 5.43. The topological polar surface area (TPSA) is 55.4 Å². The average molecular weight is 414 g/mol. The monoisotopic (exact) mass is 413 g/mol. The molecule has 1 amide bonds. The van der Waals surface area contributed by atoms with E-state index < -0.39 is 11.8 Å². The number of carbonyl (C=O) groups excluding carboxylic acids is 2.